The Hall–Kier alpha value is -1.89. The fraction of sp³-hybridized carbons (Fsp3) is 0.400. The van der Waals surface area contributed by atoms with Gasteiger partial charge >= 0.3 is 11.7 Å². The molecule has 0 bridgehead atoms. The lowest BCUT2D eigenvalue weighted by Crippen LogP contribution is -2.07. The normalized spacial score (nSPS) is 10.1. The van der Waals surface area contributed by atoms with E-state index in [2.05, 4.69) is 10.3 Å². The fourth-order valence-electron chi connectivity index (χ4n) is 1.31. The Morgan fingerprint density at radius 3 is 2.89 bits per heavy atom. The average Bonchev–Trinajstić information content (AvgIpc) is 2.29. The molecule has 0 saturated carbocycles. The van der Waals surface area contributed by atoms with E-state index < -0.39 is 10.9 Å². The van der Waals surface area contributed by atoms with Gasteiger partial charge in [0.1, 0.15) is 0 Å². The number of aliphatic carboxylic acids is 1. The number of hydrogen-bond donors (Lipinski definition) is 2. The van der Waals surface area contributed by atoms with Gasteiger partial charge in [0.15, 0.2) is 0 Å². The highest BCUT2D eigenvalue weighted by atomic mass is 35.5. The van der Waals surface area contributed by atoms with Crippen LogP contribution in [0.2, 0.25) is 5.02 Å². The zero-order chi connectivity index (χ0) is 13.5. The van der Waals surface area contributed by atoms with Gasteiger partial charge in [-0.2, -0.15) is 0 Å². The predicted octanol–water partition coefficient (Wildman–Crippen LogP) is 2.31. The van der Waals surface area contributed by atoms with Crippen LogP contribution in [-0.2, 0) is 4.79 Å². The number of anilines is 1. The van der Waals surface area contributed by atoms with Crippen LogP contribution in [0, 0.1) is 10.1 Å². The molecule has 1 aromatic rings. The quantitative estimate of drug-likeness (QED) is 0.449. The highest BCUT2D eigenvalue weighted by Gasteiger charge is 2.15. The second-order valence-electron chi connectivity index (χ2n) is 3.56. The second-order valence-corrected chi connectivity index (χ2v) is 3.99. The summed E-state index contributed by atoms with van der Waals surface area (Å²) in [7, 11) is 0. The first kappa shape index (κ1) is 14.2. The number of halogens is 1. The molecule has 0 aliphatic carbocycles. The highest BCUT2D eigenvalue weighted by molar-refractivity contribution is 6.30. The molecule has 0 spiro atoms. The minimum absolute atomic E-state index is 0.0812. The topological polar surface area (TPSA) is 105 Å². The number of carboxylic acid groups (broad SMARTS) is 1. The van der Waals surface area contributed by atoms with Crippen LogP contribution in [0.4, 0.5) is 11.5 Å². The van der Waals surface area contributed by atoms with Crippen molar-refractivity contribution in [2.45, 2.75) is 19.3 Å². The van der Waals surface area contributed by atoms with Crippen molar-refractivity contribution in [2.75, 3.05) is 11.9 Å². The molecule has 1 heterocycles. The van der Waals surface area contributed by atoms with Gasteiger partial charge in [0.05, 0.1) is 9.95 Å². The van der Waals surface area contributed by atoms with Crippen molar-refractivity contribution in [3.8, 4) is 0 Å². The summed E-state index contributed by atoms with van der Waals surface area (Å²) in [5, 5.41) is 22.2. The molecule has 0 unspecified atom stereocenters. The highest BCUT2D eigenvalue weighted by Crippen LogP contribution is 2.24. The summed E-state index contributed by atoms with van der Waals surface area (Å²) in [6.45, 7) is 0.419. The maximum Gasteiger partial charge on any atom is 0.312 e. The summed E-state index contributed by atoms with van der Waals surface area (Å²) in [6, 6.07) is 1.22. The van der Waals surface area contributed by atoms with Gasteiger partial charge in [-0.1, -0.05) is 11.6 Å². The first-order chi connectivity index (χ1) is 8.50. The lowest BCUT2D eigenvalue weighted by atomic mass is 10.2. The van der Waals surface area contributed by atoms with E-state index in [0.717, 1.165) is 0 Å². The van der Waals surface area contributed by atoms with Gasteiger partial charge in [-0.15, -0.1) is 0 Å². The summed E-state index contributed by atoms with van der Waals surface area (Å²) in [6.07, 6.45) is 2.49. The zero-order valence-electron chi connectivity index (χ0n) is 9.43. The van der Waals surface area contributed by atoms with Gasteiger partial charge < -0.3 is 10.4 Å². The molecule has 8 heteroatoms. The van der Waals surface area contributed by atoms with Crippen LogP contribution in [0.3, 0.4) is 0 Å². The minimum Gasteiger partial charge on any atom is -0.481 e. The van der Waals surface area contributed by atoms with Crippen LogP contribution in [0.15, 0.2) is 12.3 Å². The van der Waals surface area contributed by atoms with E-state index in [4.69, 9.17) is 16.7 Å². The van der Waals surface area contributed by atoms with Gasteiger partial charge in [-0.3, -0.25) is 14.9 Å². The molecule has 2 N–H and O–H groups in total. The Bertz CT molecular complexity index is 453. The van der Waals surface area contributed by atoms with E-state index in [1.54, 1.807) is 0 Å². The Balaban J connectivity index is 2.51. The van der Waals surface area contributed by atoms with Gasteiger partial charge in [0.2, 0.25) is 5.82 Å². The predicted molar refractivity (Wildman–Crippen MR) is 65.9 cm³/mol. The summed E-state index contributed by atoms with van der Waals surface area (Å²) in [5.74, 6) is -0.717. The molecule has 0 aliphatic rings. The number of pyridine rings is 1. The van der Waals surface area contributed by atoms with Gasteiger partial charge in [-0.25, -0.2) is 4.98 Å². The van der Waals surface area contributed by atoms with E-state index in [0.29, 0.717) is 19.4 Å². The van der Waals surface area contributed by atoms with Crippen LogP contribution in [0.1, 0.15) is 19.3 Å². The Kier molecular flexibility index (Phi) is 5.31. The van der Waals surface area contributed by atoms with Crippen LogP contribution in [0.5, 0.6) is 0 Å². The number of hydrogen-bond acceptors (Lipinski definition) is 5. The van der Waals surface area contributed by atoms with E-state index in [1.807, 2.05) is 0 Å². The SMILES string of the molecule is O=C(O)CCCCNc1ncc(Cl)cc1[N+](=O)[O-]. The number of nitrogens with zero attached hydrogens (tertiary/aromatic N) is 2. The first-order valence-corrected chi connectivity index (χ1v) is 5.64. The van der Waals surface area contributed by atoms with E-state index in [-0.39, 0.29) is 22.9 Å². The third-order valence-corrected chi connectivity index (χ3v) is 2.35. The molecule has 18 heavy (non-hydrogen) atoms. The number of nitrogens with one attached hydrogen (secondary N) is 1. The minimum atomic E-state index is -0.856. The van der Waals surface area contributed by atoms with Crippen LogP contribution < -0.4 is 5.32 Å². The lowest BCUT2D eigenvalue weighted by Gasteiger charge is -2.05. The number of unbranched alkanes of at least 4 members (excludes halogenated alkanes) is 1. The maximum absolute atomic E-state index is 10.7. The van der Waals surface area contributed by atoms with Gasteiger partial charge in [0, 0.05) is 25.2 Å². The molecule has 0 fully saturated rings. The molecule has 1 aromatic heterocycles. The van der Waals surface area contributed by atoms with Crippen molar-refractivity contribution < 1.29 is 14.8 Å². The summed E-state index contributed by atoms with van der Waals surface area (Å²) in [4.78, 5) is 24.3. The monoisotopic (exact) mass is 273 g/mol. The summed E-state index contributed by atoms with van der Waals surface area (Å²) < 4.78 is 0. The van der Waals surface area contributed by atoms with E-state index in [1.165, 1.54) is 12.3 Å². The van der Waals surface area contributed by atoms with Gasteiger partial charge in [-0.05, 0) is 12.8 Å². The van der Waals surface area contributed by atoms with E-state index >= 15 is 0 Å². The molecule has 0 aromatic carbocycles. The molecule has 98 valence electrons. The van der Waals surface area contributed by atoms with E-state index in [9.17, 15) is 14.9 Å². The van der Waals surface area contributed by atoms with Crippen LogP contribution in [-0.4, -0.2) is 27.5 Å². The average molecular weight is 274 g/mol. The van der Waals surface area contributed by atoms with Crippen LogP contribution >= 0.6 is 11.6 Å². The molecule has 0 amide bonds. The molecule has 0 radical (unpaired) electrons. The number of carboxylic acids is 1. The summed E-state index contributed by atoms with van der Waals surface area (Å²) in [5.41, 5.74) is -0.194. The number of carbonyl (C=O) groups is 1. The maximum atomic E-state index is 10.7. The third-order valence-electron chi connectivity index (χ3n) is 2.14. The second kappa shape index (κ2) is 6.75. The lowest BCUT2D eigenvalue weighted by molar-refractivity contribution is -0.384. The van der Waals surface area contributed by atoms with Crippen molar-refractivity contribution in [3.05, 3.63) is 27.4 Å². The largest absolute Gasteiger partial charge is 0.481 e. The number of aromatic nitrogens is 1. The molecular formula is C10H12ClN3O4. The Morgan fingerprint density at radius 2 is 2.28 bits per heavy atom. The van der Waals surface area contributed by atoms with Crippen molar-refractivity contribution >= 4 is 29.1 Å². The van der Waals surface area contributed by atoms with Crippen LogP contribution in [0.25, 0.3) is 0 Å². The van der Waals surface area contributed by atoms with Crippen molar-refractivity contribution in [2.24, 2.45) is 0 Å². The number of rotatable bonds is 7. The standard InChI is InChI=1S/C10H12ClN3O4/c11-7-5-8(14(17)18)10(13-6-7)12-4-2-1-3-9(15)16/h5-6H,1-4H2,(H,12,13)(H,15,16). The molecule has 0 saturated heterocycles. The molecule has 1 rings (SSSR count). The first-order valence-electron chi connectivity index (χ1n) is 5.26. The number of nitro groups is 1. The Morgan fingerprint density at radius 1 is 1.56 bits per heavy atom. The van der Waals surface area contributed by atoms with Crippen molar-refractivity contribution in [3.63, 3.8) is 0 Å². The Labute approximate surface area is 108 Å². The van der Waals surface area contributed by atoms with Crippen molar-refractivity contribution in [1.82, 2.24) is 4.98 Å². The zero-order valence-corrected chi connectivity index (χ0v) is 10.2. The van der Waals surface area contributed by atoms with Crippen molar-refractivity contribution in [1.29, 1.82) is 0 Å². The molecule has 0 aliphatic heterocycles. The van der Waals surface area contributed by atoms with Gasteiger partial charge in [0.25, 0.3) is 0 Å². The third kappa shape index (κ3) is 4.54. The molecular weight excluding hydrogens is 262 g/mol. The smallest absolute Gasteiger partial charge is 0.312 e. The fourth-order valence-corrected chi connectivity index (χ4v) is 1.46. The molecule has 7 nitrogen and oxygen atoms in total. The molecule has 0 atom stereocenters. The summed E-state index contributed by atoms with van der Waals surface area (Å²) >= 11 is 5.62.